The van der Waals surface area contributed by atoms with E-state index in [1.54, 1.807) is 0 Å². The lowest BCUT2D eigenvalue weighted by molar-refractivity contribution is 0.270. The summed E-state index contributed by atoms with van der Waals surface area (Å²) in [5.74, 6) is 2.41. The fourth-order valence-electron chi connectivity index (χ4n) is 1.89. The molecule has 0 heterocycles. The minimum absolute atomic E-state index is 0.715. The summed E-state index contributed by atoms with van der Waals surface area (Å²) in [6, 6.07) is 10.1. The minimum Gasteiger partial charge on any atom is -0.494 e. The highest BCUT2D eigenvalue weighted by Gasteiger charge is 2.06. The molecule has 0 bridgehead atoms. The molecule has 102 valence electrons. The molecule has 0 fully saturated rings. The van der Waals surface area contributed by atoms with Gasteiger partial charge in [0.15, 0.2) is 0 Å². The molecule has 0 radical (unpaired) electrons. The second kappa shape index (κ2) is 8.98. The molecule has 0 amide bonds. The van der Waals surface area contributed by atoms with Crippen LogP contribution < -0.4 is 10.1 Å². The van der Waals surface area contributed by atoms with Crippen LogP contribution in [0.25, 0.3) is 0 Å². The molecule has 2 heteroatoms. The van der Waals surface area contributed by atoms with E-state index in [1.807, 2.05) is 30.3 Å². The maximum Gasteiger partial charge on any atom is 0.119 e. The Morgan fingerprint density at radius 2 is 1.83 bits per heavy atom. The van der Waals surface area contributed by atoms with Crippen LogP contribution in [0.4, 0.5) is 0 Å². The molecule has 0 aromatic heterocycles. The number of hydrogen-bond donors (Lipinski definition) is 1. The molecule has 0 spiro atoms. The first-order valence-electron chi connectivity index (χ1n) is 7.11. The average molecular weight is 249 g/mol. The number of hydrogen-bond acceptors (Lipinski definition) is 2. The van der Waals surface area contributed by atoms with E-state index in [1.165, 1.54) is 6.42 Å². The minimum atomic E-state index is 0.715. The maximum atomic E-state index is 5.74. The van der Waals surface area contributed by atoms with E-state index in [0.29, 0.717) is 5.92 Å². The number of rotatable bonds is 9. The Kier molecular flexibility index (Phi) is 7.51. The molecule has 0 aliphatic carbocycles. The van der Waals surface area contributed by atoms with Crippen molar-refractivity contribution in [1.82, 2.24) is 5.32 Å². The van der Waals surface area contributed by atoms with Gasteiger partial charge in [-0.05, 0) is 43.5 Å². The Labute approximate surface area is 112 Å². The molecule has 1 rings (SSSR count). The van der Waals surface area contributed by atoms with Crippen molar-refractivity contribution in [3.05, 3.63) is 30.3 Å². The van der Waals surface area contributed by atoms with Crippen molar-refractivity contribution in [3.63, 3.8) is 0 Å². The van der Waals surface area contributed by atoms with E-state index in [2.05, 4.69) is 26.1 Å². The van der Waals surface area contributed by atoms with E-state index >= 15 is 0 Å². The van der Waals surface area contributed by atoms with Crippen LogP contribution in [0, 0.1) is 11.8 Å². The zero-order valence-electron chi connectivity index (χ0n) is 12.0. The predicted octanol–water partition coefficient (Wildman–Crippen LogP) is 3.73. The van der Waals surface area contributed by atoms with Gasteiger partial charge in [0.25, 0.3) is 0 Å². The van der Waals surface area contributed by atoms with Crippen molar-refractivity contribution in [2.45, 2.75) is 33.6 Å². The van der Waals surface area contributed by atoms with Crippen molar-refractivity contribution in [1.29, 1.82) is 0 Å². The van der Waals surface area contributed by atoms with Crippen LogP contribution in [0.3, 0.4) is 0 Å². The summed E-state index contributed by atoms with van der Waals surface area (Å²) in [7, 11) is 0. The molecule has 1 aromatic rings. The molecule has 2 nitrogen and oxygen atoms in total. The molecular formula is C16H27NO. The number of nitrogens with one attached hydrogen (secondary N) is 1. The van der Waals surface area contributed by atoms with E-state index < -0.39 is 0 Å². The van der Waals surface area contributed by atoms with Gasteiger partial charge in [0, 0.05) is 0 Å². The van der Waals surface area contributed by atoms with E-state index in [0.717, 1.165) is 37.8 Å². The van der Waals surface area contributed by atoms with Crippen molar-refractivity contribution < 1.29 is 4.74 Å². The van der Waals surface area contributed by atoms with Crippen LogP contribution in [0.2, 0.25) is 0 Å². The molecule has 1 N–H and O–H groups in total. The molecule has 0 aliphatic rings. The monoisotopic (exact) mass is 249 g/mol. The molecule has 1 unspecified atom stereocenters. The number of ether oxygens (including phenoxy) is 1. The Balaban J connectivity index is 2.15. The number of benzene rings is 1. The topological polar surface area (TPSA) is 21.3 Å². The first-order chi connectivity index (χ1) is 8.72. The van der Waals surface area contributed by atoms with Crippen LogP contribution in [0.15, 0.2) is 30.3 Å². The predicted molar refractivity (Wildman–Crippen MR) is 78.0 cm³/mol. The molecule has 1 atom stereocenters. The second-order valence-electron chi connectivity index (χ2n) is 5.28. The van der Waals surface area contributed by atoms with Gasteiger partial charge in [0.2, 0.25) is 0 Å². The van der Waals surface area contributed by atoms with Gasteiger partial charge >= 0.3 is 0 Å². The molecule has 0 aliphatic heterocycles. The van der Waals surface area contributed by atoms with E-state index in [4.69, 9.17) is 4.74 Å². The SMILES string of the molecule is CCC(CCOc1ccccc1)CNCC(C)C. The van der Waals surface area contributed by atoms with Gasteiger partial charge < -0.3 is 10.1 Å². The van der Waals surface area contributed by atoms with Gasteiger partial charge in [0.1, 0.15) is 5.75 Å². The Bertz CT molecular complexity index is 297. The van der Waals surface area contributed by atoms with Gasteiger partial charge in [0.05, 0.1) is 6.61 Å². The number of para-hydroxylation sites is 1. The van der Waals surface area contributed by atoms with Crippen molar-refractivity contribution in [3.8, 4) is 5.75 Å². The Hall–Kier alpha value is -1.02. The van der Waals surface area contributed by atoms with Gasteiger partial charge in [-0.15, -0.1) is 0 Å². The summed E-state index contributed by atoms with van der Waals surface area (Å²) in [5.41, 5.74) is 0. The molecular weight excluding hydrogens is 222 g/mol. The highest BCUT2D eigenvalue weighted by atomic mass is 16.5. The summed E-state index contributed by atoms with van der Waals surface area (Å²) in [6.45, 7) is 9.76. The van der Waals surface area contributed by atoms with Gasteiger partial charge in [-0.3, -0.25) is 0 Å². The van der Waals surface area contributed by atoms with Gasteiger partial charge in [-0.25, -0.2) is 0 Å². The highest BCUT2D eigenvalue weighted by Crippen LogP contribution is 2.12. The highest BCUT2D eigenvalue weighted by molar-refractivity contribution is 5.20. The second-order valence-corrected chi connectivity index (χ2v) is 5.28. The van der Waals surface area contributed by atoms with Crippen molar-refractivity contribution >= 4 is 0 Å². The van der Waals surface area contributed by atoms with Crippen molar-refractivity contribution in [2.75, 3.05) is 19.7 Å². The zero-order chi connectivity index (χ0) is 13.2. The lowest BCUT2D eigenvalue weighted by Crippen LogP contribution is -2.27. The summed E-state index contributed by atoms with van der Waals surface area (Å²) >= 11 is 0. The summed E-state index contributed by atoms with van der Waals surface area (Å²) in [4.78, 5) is 0. The molecule has 18 heavy (non-hydrogen) atoms. The third kappa shape index (κ3) is 6.65. The van der Waals surface area contributed by atoms with Crippen LogP contribution in [0.1, 0.15) is 33.6 Å². The quantitative estimate of drug-likeness (QED) is 0.720. The normalized spacial score (nSPS) is 12.7. The first kappa shape index (κ1) is 15.0. The zero-order valence-corrected chi connectivity index (χ0v) is 12.0. The fraction of sp³-hybridized carbons (Fsp3) is 0.625. The van der Waals surface area contributed by atoms with E-state index in [9.17, 15) is 0 Å². The van der Waals surface area contributed by atoms with Crippen LogP contribution in [-0.4, -0.2) is 19.7 Å². The van der Waals surface area contributed by atoms with Crippen LogP contribution in [-0.2, 0) is 0 Å². The first-order valence-corrected chi connectivity index (χ1v) is 7.11. The summed E-state index contributed by atoms with van der Waals surface area (Å²) in [6.07, 6.45) is 2.33. The standard InChI is InChI=1S/C16H27NO/c1-4-15(13-17-12-14(2)3)10-11-18-16-8-6-5-7-9-16/h5-9,14-15,17H,4,10-13H2,1-3H3. The van der Waals surface area contributed by atoms with E-state index in [-0.39, 0.29) is 0 Å². The van der Waals surface area contributed by atoms with Gasteiger partial charge in [-0.2, -0.15) is 0 Å². The largest absolute Gasteiger partial charge is 0.494 e. The lowest BCUT2D eigenvalue weighted by Gasteiger charge is -2.17. The maximum absolute atomic E-state index is 5.74. The van der Waals surface area contributed by atoms with Gasteiger partial charge in [-0.1, -0.05) is 45.4 Å². The Morgan fingerprint density at radius 1 is 1.11 bits per heavy atom. The van der Waals surface area contributed by atoms with Crippen LogP contribution >= 0.6 is 0 Å². The molecule has 0 saturated heterocycles. The lowest BCUT2D eigenvalue weighted by atomic mass is 10.0. The van der Waals surface area contributed by atoms with Crippen LogP contribution in [0.5, 0.6) is 5.75 Å². The summed E-state index contributed by atoms with van der Waals surface area (Å²) in [5, 5.41) is 3.53. The molecule has 0 saturated carbocycles. The molecule has 1 aromatic carbocycles. The third-order valence-electron chi connectivity index (χ3n) is 3.10. The Morgan fingerprint density at radius 3 is 2.44 bits per heavy atom. The van der Waals surface area contributed by atoms with Crippen molar-refractivity contribution in [2.24, 2.45) is 11.8 Å². The smallest absolute Gasteiger partial charge is 0.119 e. The average Bonchev–Trinajstić information content (AvgIpc) is 2.38. The fourth-order valence-corrected chi connectivity index (χ4v) is 1.89. The summed E-state index contributed by atoms with van der Waals surface area (Å²) < 4.78 is 5.74. The third-order valence-corrected chi connectivity index (χ3v) is 3.10.